The predicted octanol–water partition coefficient (Wildman–Crippen LogP) is 0.924. The summed E-state index contributed by atoms with van der Waals surface area (Å²) in [7, 11) is 0. The molecular formula is C10H15N3O. The van der Waals surface area contributed by atoms with Crippen LogP contribution in [0.5, 0.6) is 0 Å². The van der Waals surface area contributed by atoms with E-state index >= 15 is 0 Å². The third-order valence-corrected chi connectivity index (χ3v) is 1.69. The summed E-state index contributed by atoms with van der Waals surface area (Å²) in [5.41, 5.74) is 0. The molecule has 0 aromatic carbocycles. The fourth-order valence-corrected chi connectivity index (χ4v) is 1.04. The number of hydrogen-bond acceptors (Lipinski definition) is 4. The van der Waals surface area contributed by atoms with Gasteiger partial charge in [-0.1, -0.05) is 5.16 Å². The van der Waals surface area contributed by atoms with Crippen molar-refractivity contribution in [1.82, 2.24) is 15.5 Å². The van der Waals surface area contributed by atoms with E-state index in [0.29, 0.717) is 11.7 Å². The Balaban J connectivity index is 2.06. The zero-order valence-corrected chi connectivity index (χ0v) is 8.63. The molecule has 0 spiro atoms. The molecule has 1 rings (SSSR count). The van der Waals surface area contributed by atoms with Gasteiger partial charge in [-0.05, 0) is 13.8 Å². The second-order valence-electron chi connectivity index (χ2n) is 2.91. The molecule has 1 aromatic heterocycles. The molecule has 4 nitrogen and oxygen atoms in total. The fourth-order valence-electron chi connectivity index (χ4n) is 1.04. The highest BCUT2D eigenvalue weighted by atomic mass is 16.5. The zero-order chi connectivity index (χ0) is 10.2. The summed E-state index contributed by atoms with van der Waals surface area (Å²) in [4.78, 5) is 4.10. The summed E-state index contributed by atoms with van der Waals surface area (Å²) in [6.45, 7) is 5.43. The minimum absolute atomic E-state index is 0.691. The van der Waals surface area contributed by atoms with Gasteiger partial charge in [0.1, 0.15) is 0 Å². The van der Waals surface area contributed by atoms with Crippen molar-refractivity contribution in [3.8, 4) is 11.8 Å². The van der Waals surface area contributed by atoms with Gasteiger partial charge >= 0.3 is 0 Å². The lowest BCUT2D eigenvalue weighted by Gasteiger charge is -1.97. The maximum Gasteiger partial charge on any atom is 0.227 e. The summed E-state index contributed by atoms with van der Waals surface area (Å²) < 4.78 is 4.96. The summed E-state index contributed by atoms with van der Waals surface area (Å²) in [5, 5.41) is 6.96. The Morgan fingerprint density at radius 1 is 1.43 bits per heavy atom. The van der Waals surface area contributed by atoms with Crippen molar-refractivity contribution >= 4 is 0 Å². The first kappa shape index (κ1) is 10.7. The Morgan fingerprint density at radius 2 is 2.29 bits per heavy atom. The number of aromatic nitrogens is 2. The Hall–Kier alpha value is -1.34. The van der Waals surface area contributed by atoms with Gasteiger partial charge in [-0.15, -0.1) is 11.8 Å². The van der Waals surface area contributed by atoms with E-state index in [2.05, 4.69) is 27.3 Å². The molecule has 14 heavy (non-hydrogen) atoms. The van der Waals surface area contributed by atoms with Crippen molar-refractivity contribution in [2.24, 2.45) is 0 Å². The average molecular weight is 193 g/mol. The number of hydrogen-bond donors (Lipinski definition) is 1. The smallest absolute Gasteiger partial charge is 0.227 e. The van der Waals surface area contributed by atoms with E-state index in [1.807, 2.05) is 13.8 Å². The van der Waals surface area contributed by atoms with Crippen molar-refractivity contribution in [2.75, 3.05) is 13.1 Å². The maximum absolute atomic E-state index is 4.96. The fraction of sp³-hybridized carbons (Fsp3) is 0.600. The molecule has 0 aliphatic heterocycles. The molecule has 0 unspecified atom stereocenters. The molecule has 0 amide bonds. The van der Waals surface area contributed by atoms with Crippen LogP contribution < -0.4 is 5.32 Å². The van der Waals surface area contributed by atoms with Crippen molar-refractivity contribution in [2.45, 2.75) is 26.7 Å². The summed E-state index contributed by atoms with van der Waals surface area (Å²) in [6, 6.07) is 0. The SMILES string of the molecule is CC#CCCNCCc1nc(C)no1. The van der Waals surface area contributed by atoms with Crippen LogP contribution in [0.3, 0.4) is 0 Å². The van der Waals surface area contributed by atoms with Gasteiger partial charge in [-0.3, -0.25) is 0 Å². The lowest BCUT2D eigenvalue weighted by Crippen LogP contribution is -2.18. The predicted molar refractivity (Wildman–Crippen MR) is 53.7 cm³/mol. The molecule has 0 saturated carbocycles. The maximum atomic E-state index is 4.96. The second kappa shape index (κ2) is 6.17. The van der Waals surface area contributed by atoms with Crippen LogP contribution in [0.15, 0.2) is 4.52 Å². The third kappa shape index (κ3) is 4.06. The van der Waals surface area contributed by atoms with Crippen LogP contribution in [0.2, 0.25) is 0 Å². The molecule has 0 aliphatic rings. The Morgan fingerprint density at radius 3 is 2.93 bits per heavy atom. The minimum atomic E-state index is 0.691. The molecule has 0 aliphatic carbocycles. The van der Waals surface area contributed by atoms with E-state index in [9.17, 15) is 0 Å². The van der Waals surface area contributed by atoms with Gasteiger partial charge in [0.15, 0.2) is 5.82 Å². The van der Waals surface area contributed by atoms with E-state index in [1.165, 1.54) is 0 Å². The van der Waals surface area contributed by atoms with Gasteiger partial charge < -0.3 is 9.84 Å². The van der Waals surface area contributed by atoms with Gasteiger partial charge in [0.25, 0.3) is 0 Å². The van der Waals surface area contributed by atoms with Crippen molar-refractivity contribution < 1.29 is 4.52 Å². The van der Waals surface area contributed by atoms with Crippen molar-refractivity contribution in [1.29, 1.82) is 0 Å². The molecule has 1 heterocycles. The zero-order valence-electron chi connectivity index (χ0n) is 8.63. The van der Waals surface area contributed by atoms with E-state index < -0.39 is 0 Å². The van der Waals surface area contributed by atoms with Crippen LogP contribution >= 0.6 is 0 Å². The third-order valence-electron chi connectivity index (χ3n) is 1.69. The Labute approximate surface area is 84.1 Å². The first-order valence-electron chi connectivity index (χ1n) is 4.72. The van der Waals surface area contributed by atoms with Crippen LogP contribution in [0.25, 0.3) is 0 Å². The van der Waals surface area contributed by atoms with Crippen LogP contribution in [0, 0.1) is 18.8 Å². The van der Waals surface area contributed by atoms with E-state index in [1.54, 1.807) is 0 Å². The normalized spacial score (nSPS) is 9.57. The number of nitrogens with one attached hydrogen (secondary N) is 1. The van der Waals surface area contributed by atoms with E-state index in [0.717, 1.165) is 25.9 Å². The first-order chi connectivity index (χ1) is 6.83. The van der Waals surface area contributed by atoms with Crippen molar-refractivity contribution in [3.63, 3.8) is 0 Å². The standard InChI is InChI=1S/C10H15N3O/c1-3-4-5-7-11-8-6-10-12-9(2)13-14-10/h11H,5-8H2,1-2H3. The topological polar surface area (TPSA) is 51.0 Å². The Kier molecular flexibility index (Phi) is 4.73. The van der Waals surface area contributed by atoms with Gasteiger partial charge in [0.05, 0.1) is 0 Å². The number of nitrogens with zero attached hydrogens (tertiary/aromatic N) is 2. The number of rotatable bonds is 5. The molecule has 4 heteroatoms. The molecule has 0 saturated heterocycles. The quantitative estimate of drug-likeness (QED) is 0.558. The average Bonchev–Trinajstić information content (AvgIpc) is 2.58. The lowest BCUT2D eigenvalue weighted by atomic mass is 10.4. The highest BCUT2D eigenvalue weighted by Gasteiger charge is 2.00. The van der Waals surface area contributed by atoms with Crippen LogP contribution in [-0.2, 0) is 6.42 Å². The summed E-state index contributed by atoms with van der Waals surface area (Å²) in [6.07, 6.45) is 1.67. The second-order valence-corrected chi connectivity index (χ2v) is 2.91. The molecule has 1 N–H and O–H groups in total. The van der Waals surface area contributed by atoms with Gasteiger partial charge in [-0.2, -0.15) is 4.98 Å². The van der Waals surface area contributed by atoms with Gasteiger partial charge in [0, 0.05) is 25.9 Å². The Bertz CT molecular complexity index is 322. The van der Waals surface area contributed by atoms with Gasteiger partial charge in [0.2, 0.25) is 5.89 Å². The van der Waals surface area contributed by atoms with Crippen LogP contribution in [0.4, 0.5) is 0 Å². The highest BCUT2D eigenvalue weighted by Crippen LogP contribution is 1.95. The first-order valence-corrected chi connectivity index (χ1v) is 4.72. The van der Waals surface area contributed by atoms with Crippen LogP contribution in [0.1, 0.15) is 25.1 Å². The van der Waals surface area contributed by atoms with E-state index in [-0.39, 0.29) is 0 Å². The van der Waals surface area contributed by atoms with Crippen LogP contribution in [-0.4, -0.2) is 23.2 Å². The molecule has 0 bridgehead atoms. The molecule has 0 radical (unpaired) electrons. The molecule has 0 atom stereocenters. The lowest BCUT2D eigenvalue weighted by molar-refractivity contribution is 0.372. The van der Waals surface area contributed by atoms with Crippen molar-refractivity contribution in [3.05, 3.63) is 11.7 Å². The largest absolute Gasteiger partial charge is 0.339 e. The number of aryl methyl sites for hydroxylation is 1. The minimum Gasteiger partial charge on any atom is -0.339 e. The molecular weight excluding hydrogens is 178 g/mol. The molecule has 1 aromatic rings. The monoisotopic (exact) mass is 193 g/mol. The molecule has 0 fully saturated rings. The van der Waals surface area contributed by atoms with E-state index in [4.69, 9.17) is 4.52 Å². The molecule has 76 valence electrons. The summed E-state index contributed by atoms with van der Waals surface area (Å²) in [5.74, 6) is 7.22. The summed E-state index contributed by atoms with van der Waals surface area (Å²) >= 11 is 0. The highest BCUT2D eigenvalue weighted by molar-refractivity contribution is 4.95. The van der Waals surface area contributed by atoms with Gasteiger partial charge in [-0.25, -0.2) is 0 Å².